The molecule has 0 unspecified atom stereocenters. The molecular weight excluding hydrogens is 254 g/mol. The summed E-state index contributed by atoms with van der Waals surface area (Å²) >= 11 is 3.44. The molecule has 0 saturated carbocycles. The van der Waals surface area contributed by atoms with E-state index in [2.05, 4.69) is 28.2 Å². The maximum Gasteiger partial charge on any atom is 0.133 e. The molecule has 0 aromatic heterocycles. The van der Waals surface area contributed by atoms with Gasteiger partial charge in [-0.25, -0.2) is 0 Å². The standard InChI is InChI=1S/C12H18BrNO/c1-7-8(2)12(15)11(13)9(3)10(7)5-6-14-4/h14-15H,5-6H2,1-4H3. The highest BCUT2D eigenvalue weighted by Crippen LogP contribution is 2.36. The lowest BCUT2D eigenvalue weighted by Crippen LogP contribution is -2.12. The van der Waals surface area contributed by atoms with Crippen LogP contribution in [0.4, 0.5) is 0 Å². The van der Waals surface area contributed by atoms with Gasteiger partial charge in [0.25, 0.3) is 0 Å². The summed E-state index contributed by atoms with van der Waals surface area (Å²) in [5.74, 6) is 0.373. The largest absolute Gasteiger partial charge is 0.506 e. The van der Waals surface area contributed by atoms with Gasteiger partial charge in [0.2, 0.25) is 0 Å². The van der Waals surface area contributed by atoms with Crippen molar-refractivity contribution in [3.05, 3.63) is 26.7 Å². The molecule has 0 fully saturated rings. The lowest BCUT2D eigenvalue weighted by molar-refractivity contribution is 0.466. The van der Waals surface area contributed by atoms with E-state index in [1.54, 1.807) is 0 Å². The van der Waals surface area contributed by atoms with Crippen LogP contribution < -0.4 is 5.32 Å². The molecule has 2 N–H and O–H groups in total. The molecule has 0 aliphatic heterocycles. The fourth-order valence-electron chi connectivity index (χ4n) is 1.78. The van der Waals surface area contributed by atoms with Crippen LogP contribution in [0, 0.1) is 20.8 Å². The zero-order valence-electron chi connectivity index (χ0n) is 9.74. The highest BCUT2D eigenvalue weighted by Gasteiger charge is 2.14. The molecule has 0 radical (unpaired) electrons. The number of aromatic hydroxyl groups is 1. The lowest BCUT2D eigenvalue weighted by Gasteiger charge is -2.16. The van der Waals surface area contributed by atoms with Gasteiger partial charge in [0.1, 0.15) is 5.75 Å². The van der Waals surface area contributed by atoms with E-state index >= 15 is 0 Å². The van der Waals surface area contributed by atoms with Crippen LogP contribution in [-0.4, -0.2) is 18.7 Å². The SMILES string of the molecule is CNCCc1c(C)c(C)c(O)c(Br)c1C. The van der Waals surface area contributed by atoms with E-state index in [4.69, 9.17) is 0 Å². The molecule has 0 amide bonds. The summed E-state index contributed by atoms with van der Waals surface area (Å²) in [4.78, 5) is 0. The minimum Gasteiger partial charge on any atom is -0.506 e. The Labute approximate surface area is 99.8 Å². The zero-order chi connectivity index (χ0) is 11.6. The second kappa shape index (κ2) is 4.99. The fraction of sp³-hybridized carbons (Fsp3) is 0.500. The van der Waals surface area contributed by atoms with E-state index in [9.17, 15) is 5.11 Å². The summed E-state index contributed by atoms with van der Waals surface area (Å²) in [5, 5.41) is 13.0. The van der Waals surface area contributed by atoms with E-state index in [0.717, 1.165) is 28.6 Å². The second-order valence-electron chi connectivity index (χ2n) is 3.87. The van der Waals surface area contributed by atoms with Crippen LogP contribution >= 0.6 is 15.9 Å². The van der Waals surface area contributed by atoms with E-state index in [0.29, 0.717) is 5.75 Å². The predicted molar refractivity (Wildman–Crippen MR) is 67.6 cm³/mol. The van der Waals surface area contributed by atoms with E-state index in [1.807, 2.05) is 20.9 Å². The summed E-state index contributed by atoms with van der Waals surface area (Å²) in [7, 11) is 1.95. The van der Waals surface area contributed by atoms with Crippen molar-refractivity contribution < 1.29 is 5.11 Å². The van der Waals surface area contributed by atoms with Crippen molar-refractivity contribution in [2.45, 2.75) is 27.2 Å². The van der Waals surface area contributed by atoms with Gasteiger partial charge in [-0.05, 0) is 79.0 Å². The summed E-state index contributed by atoms with van der Waals surface area (Å²) in [5.41, 5.74) is 4.64. The maximum absolute atomic E-state index is 9.86. The first-order valence-corrected chi connectivity index (χ1v) is 5.91. The average molecular weight is 272 g/mol. The topological polar surface area (TPSA) is 32.3 Å². The Balaban J connectivity index is 3.26. The lowest BCUT2D eigenvalue weighted by atomic mass is 9.95. The average Bonchev–Trinajstić information content (AvgIpc) is 2.24. The van der Waals surface area contributed by atoms with Crippen LogP contribution in [0.15, 0.2) is 4.47 Å². The Kier molecular flexibility index (Phi) is 4.17. The fourth-order valence-corrected chi connectivity index (χ4v) is 2.32. The number of phenols is 1. The highest BCUT2D eigenvalue weighted by atomic mass is 79.9. The van der Waals surface area contributed by atoms with Crippen molar-refractivity contribution >= 4 is 15.9 Å². The number of hydrogen-bond acceptors (Lipinski definition) is 2. The van der Waals surface area contributed by atoms with Crippen molar-refractivity contribution in [2.24, 2.45) is 0 Å². The Bertz CT molecular complexity index is 345. The Morgan fingerprint density at radius 1 is 1.13 bits per heavy atom. The third kappa shape index (κ3) is 2.34. The van der Waals surface area contributed by atoms with Gasteiger partial charge in [-0.3, -0.25) is 0 Å². The second-order valence-corrected chi connectivity index (χ2v) is 4.66. The summed E-state index contributed by atoms with van der Waals surface area (Å²) in [6, 6.07) is 0. The number of rotatable bonds is 3. The molecule has 0 aliphatic rings. The molecule has 3 heteroatoms. The molecular formula is C12H18BrNO. The maximum atomic E-state index is 9.86. The molecule has 1 aromatic rings. The number of nitrogens with one attached hydrogen (secondary N) is 1. The van der Waals surface area contributed by atoms with E-state index in [-0.39, 0.29) is 0 Å². The first-order valence-electron chi connectivity index (χ1n) is 5.12. The van der Waals surface area contributed by atoms with Gasteiger partial charge >= 0.3 is 0 Å². The number of likely N-dealkylation sites (N-methyl/N-ethyl adjacent to an activating group) is 1. The molecule has 0 saturated heterocycles. The van der Waals surface area contributed by atoms with Gasteiger partial charge in [0, 0.05) is 0 Å². The molecule has 1 aromatic carbocycles. The summed E-state index contributed by atoms with van der Waals surface area (Å²) in [6.07, 6.45) is 0.994. The van der Waals surface area contributed by atoms with Crippen LogP contribution in [0.25, 0.3) is 0 Å². The van der Waals surface area contributed by atoms with Crippen molar-refractivity contribution in [1.82, 2.24) is 5.32 Å². The summed E-state index contributed by atoms with van der Waals surface area (Å²) < 4.78 is 0.830. The van der Waals surface area contributed by atoms with Crippen molar-refractivity contribution in [3.63, 3.8) is 0 Å². The molecule has 1 rings (SSSR count). The van der Waals surface area contributed by atoms with Gasteiger partial charge in [-0.1, -0.05) is 0 Å². The van der Waals surface area contributed by atoms with Crippen LogP contribution in [0.5, 0.6) is 5.75 Å². The van der Waals surface area contributed by atoms with Gasteiger partial charge < -0.3 is 10.4 Å². The Hall–Kier alpha value is -0.540. The first-order chi connectivity index (χ1) is 7.00. The Morgan fingerprint density at radius 3 is 2.27 bits per heavy atom. The number of phenolic OH excluding ortho intramolecular Hbond substituents is 1. The van der Waals surface area contributed by atoms with Crippen LogP contribution in [0.1, 0.15) is 22.3 Å². The van der Waals surface area contributed by atoms with Crippen molar-refractivity contribution in [3.8, 4) is 5.75 Å². The Morgan fingerprint density at radius 2 is 1.73 bits per heavy atom. The predicted octanol–water partition coefficient (Wildman–Crippen LogP) is 2.84. The zero-order valence-corrected chi connectivity index (χ0v) is 11.3. The minimum atomic E-state index is 0.373. The molecule has 2 nitrogen and oxygen atoms in total. The van der Waals surface area contributed by atoms with Gasteiger partial charge in [0.05, 0.1) is 4.47 Å². The monoisotopic (exact) mass is 271 g/mol. The number of benzene rings is 1. The smallest absolute Gasteiger partial charge is 0.133 e. The quantitative estimate of drug-likeness (QED) is 0.886. The minimum absolute atomic E-state index is 0.373. The van der Waals surface area contributed by atoms with E-state index < -0.39 is 0 Å². The molecule has 0 atom stereocenters. The van der Waals surface area contributed by atoms with Gasteiger partial charge in [-0.2, -0.15) is 0 Å². The molecule has 0 heterocycles. The molecule has 15 heavy (non-hydrogen) atoms. The third-order valence-corrected chi connectivity index (χ3v) is 3.96. The molecule has 84 valence electrons. The normalized spacial score (nSPS) is 10.7. The number of halogens is 1. The first kappa shape index (κ1) is 12.5. The van der Waals surface area contributed by atoms with Crippen LogP contribution in [-0.2, 0) is 6.42 Å². The van der Waals surface area contributed by atoms with E-state index in [1.165, 1.54) is 11.1 Å². The molecule has 0 bridgehead atoms. The summed E-state index contributed by atoms with van der Waals surface area (Å²) in [6.45, 7) is 7.02. The van der Waals surface area contributed by atoms with Crippen molar-refractivity contribution in [2.75, 3.05) is 13.6 Å². The van der Waals surface area contributed by atoms with Gasteiger partial charge in [0.15, 0.2) is 0 Å². The van der Waals surface area contributed by atoms with Gasteiger partial charge in [-0.15, -0.1) is 0 Å². The van der Waals surface area contributed by atoms with Crippen molar-refractivity contribution in [1.29, 1.82) is 0 Å². The highest BCUT2D eigenvalue weighted by molar-refractivity contribution is 9.10. The molecule has 0 spiro atoms. The third-order valence-electron chi connectivity index (χ3n) is 2.99. The molecule has 0 aliphatic carbocycles. The van der Waals surface area contributed by atoms with Crippen LogP contribution in [0.2, 0.25) is 0 Å². The van der Waals surface area contributed by atoms with Crippen LogP contribution in [0.3, 0.4) is 0 Å². The number of hydrogen-bond donors (Lipinski definition) is 2.